The summed E-state index contributed by atoms with van der Waals surface area (Å²) in [6.07, 6.45) is 0. The van der Waals surface area contributed by atoms with E-state index in [0.29, 0.717) is 16.9 Å². The number of benzene rings is 1. The number of furan rings is 1. The number of nitrogens with zero attached hydrogens (tertiary/aromatic N) is 1. The summed E-state index contributed by atoms with van der Waals surface area (Å²) in [5.41, 5.74) is 3.02. The van der Waals surface area contributed by atoms with Crippen LogP contribution in [0.2, 0.25) is 0 Å². The Bertz CT molecular complexity index is 648. The molecule has 2 rings (SSSR count). The van der Waals surface area contributed by atoms with Gasteiger partial charge < -0.3 is 4.42 Å². The topological polar surface area (TPSA) is 111 Å². The third-order valence-corrected chi connectivity index (χ3v) is 2.65. The number of nitrogens with two attached hydrogens (primary N) is 1. The van der Waals surface area contributed by atoms with E-state index in [1.165, 1.54) is 12.1 Å². The number of hydrazine groups is 1. The lowest BCUT2D eigenvalue weighted by Crippen LogP contribution is -2.29. The highest BCUT2D eigenvalue weighted by atomic mass is 16.6. The molecule has 0 saturated carbocycles. The predicted molar refractivity (Wildman–Crippen MR) is 67.2 cm³/mol. The molecule has 19 heavy (non-hydrogen) atoms. The molecule has 0 aliphatic carbocycles. The molecule has 0 spiro atoms. The Morgan fingerprint density at radius 1 is 1.37 bits per heavy atom. The Morgan fingerprint density at radius 3 is 2.74 bits per heavy atom. The second-order valence-electron chi connectivity index (χ2n) is 3.90. The average Bonchev–Trinajstić information content (AvgIpc) is 2.87. The minimum atomic E-state index is -0.562. The monoisotopic (exact) mass is 261 g/mol. The highest BCUT2D eigenvalue weighted by Gasteiger charge is 2.15. The number of rotatable bonds is 3. The van der Waals surface area contributed by atoms with Gasteiger partial charge in [-0.15, -0.1) is 0 Å². The summed E-state index contributed by atoms with van der Waals surface area (Å²) < 4.78 is 5.28. The first-order chi connectivity index (χ1) is 9.02. The second-order valence-corrected chi connectivity index (χ2v) is 3.90. The fourth-order valence-corrected chi connectivity index (χ4v) is 1.65. The summed E-state index contributed by atoms with van der Waals surface area (Å²) in [6, 6.07) is 7.71. The summed E-state index contributed by atoms with van der Waals surface area (Å²) in [4.78, 5) is 21.6. The minimum absolute atomic E-state index is 0.00118. The third-order valence-electron chi connectivity index (χ3n) is 2.65. The number of carbonyl (C=O) groups is 1. The SMILES string of the molecule is Cc1ccc(-c2ccc(C(=O)NN)o2)cc1[N+](=O)[O-]. The molecule has 0 bridgehead atoms. The van der Waals surface area contributed by atoms with Gasteiger partial charge in [0.05, 0.1) is 4.92 Å². The van der Waals surface area contributed by atoms with Crippen molar-refractivity contribution in [1.29, 1.82) is 0 Å². The van der Waals surface area contributed by atoms with Crippen molar-refractivity contribution < 1.29 is 14.1 Å². The zero-order valence-electron chi connectivity index (χ0n) is 10.0. The van der Waals surface area contributed by atoms with Gasteiger partial charge in [0.15, 0.2) is 5.76 Å². The normalized spacial score (nSPS) is 10.2. The van der Waals surface area contributed by atoms with E-state index in [2.05, 4.69) is 0 Å². The number of nitrogen functional groups attached to an aromatic ring is 1. The van der Waals surface area contributed by atoms with Gasteiger partial charge in [-0.3, -0.25) is 20.3 Å². The van der Waals surface area contributed by atoms with E-state index in [1.807, 2.05) is 5.43 Å². The molecule has 1 aromatic carbocycles. The van der Waals surface area contributed by atoms with Crippen molar-refractivity contribution in [2.24, 2.45) is 5.84 Å². The van der Waals surface area contributed by atoms with E-state index in [1.54, 1.807) is 25.1 Å². The first-order valence-electron chi connectivity index (χ1n) is 5.39. The van der Waals surface area contributed by atoms with Crippen LogP contribution in [0.25, 0.3) is 11.3 Å². The summed E-state index contributed by atoms with van der Waals surface area (Å²) >= 11 is 0. The van der Waals surface area contributed by atoms with Crippen LogP contribution in [0.1, 0.15) is 16.1 Å². The molecule has 1 aromatic heterocycles. The molecule has 2 aromatic rings. The van der Waals surface area contributed by atoms with Gasteiger partial charge in [-0.2, -0.15) is 0 Å². The summed E-state index contributed by atoms with van der Waals surface area (Å²) in [6.45, 7) is 1.65. The van der Waals surface area contributed by atoms with Gasteiger partial charge in [0, 0.05) is 17.2 Å². The Kier molecular flexibility index (Phi) is 3.30. The van der Waals surface area contributed by atoms with E-state index >= 15 is 0 Å². The Hall–Kier alpha value is -2.67. The van der Waals surface area contributed by atoms with Gasteiger partial charge in [0.2, 0.25) is 0 Å². The first kappa shape index (κ1) is 12.8. The number of hydrogen-bond donors (Lipinski definition) is 2. The number of nitro benzene ring substituents is 1. The van der Waals surface area contributed by atoms with Crippen LogP contribution in [0.5, 0.6) is 0 Å². The molecular formula is C12H11N3O4. The quantitative estimate of drug-likeness (QED) is 0.378. The van der Waals surface area contributed by atoms with Crippen LogP contribution in [0.3, 0.4) is 0 Å². The molecule has 0 atom stereocenters. The highest BCUT2D eigenvalue weighted by molar-refractivity contribution is 5.91. The average molecular weight is 261 g/mol. The standard InChI is InChI=1S/C12H11N3O4/c1-7-2-3-8(6-9(7)15(17)18)10-4-5-11(19-10)12(16)14-13/h2-6H,13H2,1H3,(H,14,16). The molecule has 0 unspecified atom stereocenters. The van der Waals surface area contributed by atoms with Crippen molar-refractivity contribution in [3.8, 4) is 11.3 Å². The smallest absolute Gasteiger partial charge is 0.300 e. The first-order valence-corrected chi connectivity index (χ1v) is 5.39. The number of carbonyl (C=O) groups excluding carboxylic acids is 1. The van der Waals surface area contributed by atoms with Crippen LogP contribution in [-0.4, -0.2) is 10.8 Å². The van der Waals surface area contributed by atoms with Gasteiger partial charge in [0.25, 0.3) is 5.69 Å². The van der Waals surface area contributed by atoms with E-state index in [4.69, 9.17) is 10.3 Å². The fraction of sp³-hybridized carbons (Fsp3) is 0.0833. The van der Waals surface area contributed by atoms with E-state index in [-0.39, 0.29) is 11.4 Å². The zero-order valence-corrected chi connectivity index (χ0v) is 10.0. The molecule has 0 radical (unpaired) electrons. The third kappa shape index (κ3) is 2.45. The van der Waals surface area contributed by atoms with Crippen LogP contribution in [-0.2, 0) is 0 Å². The molecule has 7 heteroatoms. The number of aryl methyl sites for hydroxylation is 1. The lowest BCUT2D eigenvalue weighted by atomic mass is 10.1. The molecule has 7 nitrogen and oxygen atoms in total. The predicted octanol–water partition coefficient (Wildman–Crippen LogP) is 1.77. The van der Waals surface area contributed by atoms with E-state index < -0.39 is 10.8 Å². The van der Waals surface area contributed by atoms with Gasteiger partial charge in [0.1, 0.15) is 5.76 Å². The van der Waals surface area contributed by atoms with Crippen LogP contribution < -0.4 is 11.3 Å². The van der Waals surface area contributed by atoms with Crippen molar-refractivity contribution in [3.63, 3.8) is 0 Å². The molecule has 0 aliphatic rings. The maximum absolute atomic E-state index is 11.2. The second kappa shape index (κ2) is 4.91. The van der Waals surface area contributed by atoms with Crippen molar-refractivity contribution >= 4 is 11.6 Å². The van der Waals surface area contributed by atoms with Crippen molar-refractivity contribution in [3.05, 3.63) is 51.8 Å². The van der Waals surface area contributed by atoms with Crippen LogP contribution in [0.15, 0.2) is 34.7 Å². The molecular weight excluding hydrogens is 250 g/mol. The van der Waals surface area contributed by atoms with Crippen molar-refractivity contribution in [1.82, 2.24) is 5.43 Å². The summed E-state index contributed by atoms with van der Waals surface area (Å²) in [7, 11) is 0. The highest BCUT2D eigenvalue weighted by Crippen LogP contribution is 2.28. The molecule has 1 amide bonds. The van der Waals surface area contributed by atoms with E-state index in [9.17, 15) is 14.9 Å². The minimum Gasteiger partial charge on any atom is -0.451 e. The van der Waals surface area contributed by atoms with Crippen LogP contribution in [0, 0.1) is 17.0 Å². The Morgan fingerprint density at radius 2 is 2.11 bits per heavy atom. The maximum Gasteiger partial charge on any atom is 0.300 e. The van der Waals surface area contributed by atoms with Crippen LogP contribution in [0.4, 0.5) is 5.69 Å². The number of nitro groups is 1. The molecule has 3 N–H and O–H groups in total. The van der Waals surface area contributed by atoms with Gasteiger partial charge in [-0.05, 0) is 19.1 Å². The van der Waals surface area contributed by atoms with Crippen LogP contribution >= 0.6 is 0 Å². The largest absolute Gasteiger partial charge is 0.451 e. The molecule has 0 fully saturated rings. The molecule has 0 saturated heterocycles. The zero-order chi connectivity index (χ0) is 14.0. The number of amides is 1. The number of hydrogen-bond acceptors (Lipinski definition) is 5. The van der Waals surface area contributed by atoms with Crippen molar-refractivity contribution in [2.45, 2.75) is 6.92 Å². The van der Waals surface area contributed by atoms with Crippen molar-refractivity contribution in [2.75, 3.05) is 0 Å². The Labute approximate surface area is 108 Å². The lowest BCUT2D eigenvalue weighted by molar-refractivity contribution is -0.385. The molecule has 98 valence electrons. The lowest BCUT2D eigenvalue weighted by Gasteiger charge is -2.00. The van der Waals surface area contributed by atoms with E-state index in [0.717, 1.165) is 0 Å². The maximum atomic E-state index is 11.2. The fourth-order valence-electron chi connectivity index (χ4n) is 1.65. The molecule has 1 heterocycles. The summed E-state index contributed by atoms with van der Waals surface area (Å²) in [5, 5.41) is 10.9. The molecule has 0 aliphatic heterocycles. The summed E-state index contributed by atoms with van der Waals surface area (Å²) in [5.74, 6) is 4.83. The number of nitrogens with one attached hydrogen (secondary N) is 1. The van der Waals surface area contributed by atoms with Gasteiger partial charge in [-0.1, -0.05) is 12.1 Å². The van der Waals surface area contributed by atoms with Gasteiger partial charge in [-0.25, -0.2) is 5.84 Å². The van der Waals surface area contributed by atoms with Gasteiger partial charge >= 0.3 is 5.91 Å². The Balaban J connectivity index is 2.42.